The molecule has 0 aliphatic rings. The first-order valence-electron chi connectivity index (χ1n) is 11.6. The summed E-state index contributed by atoms with van der Waals surface area (Å²) in [5.41, 5.74) is 1.69. The van der Waals surface area contributed by atoms with Crippen LogP contribution >= 0.6 is 0 Å². The number of aromatic carboxylic acids is 2. The minimum absolute atomic E-state index is 0.00602. The van der Waals surface area contributed by atoms with E-state index in [2.05, 4.69) is 13.8 Å². The van der Waals surface area contributed by atoms with Crippen LogP contribution in [0.25, 0.3) is 0 Å². The number of carboxylic acid groups (broad SMARTS) is 2. The number of carboxylic acids is 2. The minimum atomic E-state index is -1.16. The summed E-state index contributed by atoms with van der Waals surface area (Å²) < 4.78 is 0. The van der Waals surface area contributed by atoms with Gasteiger partial charge in [0, 0.05) is 0 Å². The number of hydrogen-bond acceptors (Lipinski definition) is 2. The van der Waals surface area contributed by atoms with Crippen molar-refractivity contribution in [1.82, 2.24) is 0 Å². The van der Waals surface area contributed by atoms with Gasteiger partial charge >= 0.3 is 11.9 Å². The van der Waals surface area contributed by atoms with Gasteiger partial charge in [0.15, 0.2) is 0 Å². The maximum absolute atomic E-state index is 11.9. The maximum Gasteiger partial charge on any atom is 0.336 e. The van der Waals surface area contributed by atoms with Crippen molar-refractivity contribution in [2.45, 2.75) is 110 Å². The molecule has 1 aromatic carbocycles. The van der Waals surface area contributed by atoms with E-state index in [1.165, 1.54) is 57.4 Å². The van der Waals surface area contributed by atoms with E-state index in [-0.39, 0.29) is 11.1 Å². The molecular formula is C25H40O4. The van der Waals surface area contributed by atoms with E-state index in [1.54, 1.807) is 0 Å². The summed E-state index contributed by atoms with van der Waals surface area (Å²) in [6.07, 6.45) is 16.7. The predicted molar refractivity (Wildman–Crippen MR) is 119 cm³/mol. The lowest BCUT2D eigenvalue weighted by Gasteiger charge is -2.15. The Labute approximate surface area is 176 Å². The first-order chi connectivity index (χ1) is 14.0. The van der Waals surface area contributed by atoms with E-state index in [0.717, 1.165) is 49.7 Å². The van der Waals surface area contributed by atoms with Gasteiger partial charge in [0.05, 0.1) is 11.1 Å². The van der Waals surface area contributed by atoms with Crippen molar-refractivity contribution in [3.63, 3.8) is 0 Å². The second-order valence-corrected chi connectivity index (χ2v) is 8.13. The van der Waals surface area contributed by atoms with Gasteiger partial charge in [-0.2, -0.15) is 0 Å². The number of hydrogen-bond donors (Lipinski definition) is 2. The summed E-state index contributed by atoms with van der Waals surface area (Å²) >= 11 is 0. The van der Waals surface area contributed by atoms with Crippen molar-refractivity contribution in [3.8, 4) is 0 Å². The molecule has 0 bridgehead atoms. The predicted octanol–water partition coefficient (Wildman–Crippen LogP) is 7.28. The van der Waals surface area contributed by atoms with E-state index in [0.29, 0.717) is 6.42 Å². The molecule has 2 N–H and O–H groups in total. The second kappa shape index (κ2) is 15.1. The molecule has 0 atom stereocenters. The Morgan fingerprint density at radius 2 is 1.14 bits per heavy atom. The summed E-state index contributed by atoms with van der Waals surface area (Å²) in [5.74, 6) is -2.28. The average molecular weight is 405 g/mol. The Morgan fingerprint density at radius 3 is 1.62 bits per heavy atom. The van der Waals surface area contributed by atoms with Crippen molar-refractivity contribution in [1.29, 1.82) is 0 Å². The fraction of sp³-hybridized carbons (Fsp3) is 0.680. The third kappa shape index (κ3) is 9.47. The number of rotatable bonds is 17. The molecule has 0 amide bonds. The zero-order valence-corrected chi connectivity index (χ0v) is 18.5. The molecule has 1 rings (SSSR count). The van der Waals surface area contributed by atoms with Gasteiger partial charge in [-0.25, -0.2) is 9.59 Å². The van der Waals surface area contributed by atoms with Gasteiger partial charge in [-0.1, -0.05) is 90.5 Å². The normalized spacial score (nSPS) is 11.0. The van der Waals surface area contributed by atoms with Crippen LogP contribution in [0.1, 0.15) is 129 Å². The van der Waals surface area contributed by atoms with Gasteiger partial charge in [0.25, 0.3) is 0 Å². The molecule has 4 nitrogen and oxygen atoms in total. The van der Waals surface area contributed by atoms with Crippen LogP contribution in [0.2, 0.25) is 0 Å². The molecule has 0 saturated heterocycles. The largest absolute Gasteiger partial charge is 0.478 e. The summed E-state index contributed by atoms with van der Waals surface area (Å²) in [6.45, 7) is 4.40. The third-order valence-electron chi connectivity index (χ3n) is 5.68. The Hall–Kier alpha value is -1.84. The third-order valence-corrected chi connectivity index (χ3v) is 5.68. The molecule has 0 fully saturated rings. The zero-order chi connectivity index (χ0) is 21.5. The van der Waals surface area contributed by atoms with Crippen LogP contribution in [0.4, 0.5) is 0 Å². The molecule has 0 saturated carbocycles. The van der Waals surface area contributed by atoms with Crippen LogP contribution in [0, 0.1) is 0 Å². The molecule has 0 heterocycles. The van der Waals surface area contributed by atoms with Gasteiger partial charge in [-0.05, 0) is 42.9 Å². The fourth-order valence-electron chi connectivity index (χ4n) is 3.99. The molecule has 0 aromatic heterocycles. The van der Waals surface area contributed by atoms with Gasteiger partial charge in [0.2, 0.25) is 0 Å². The van der Waals surface area contributed by atoms with Crippen LogP contribution in [0.15, 0.2) is 12.1 Å². The highest BCUT2D eigenvalue weighted by atomic mass is 16.4. The van der Waals surface area contributed by atoms with Crippen molar-refractivity contribution in [3.05, 3.63) is 34.4 Å². The zero-order valence-electron chi connectivity index (χ0n) is 18.5. The van der Waals surface area contributed by atoms with Crippen LogP contribution in [0.3, 0.4) is 0 Å². The number of aryl methyl sites for hydroxylation is 1. The molecule has 0 aliphatic carbocycles. The SMILES string of the molecule is CCCCCCCCCCc1c(CCCCCCC)ccc(C(=O)O)c1C(=O)O. The highest BCUT2D eigenvalue weighted by molar-refractivity contribution is 6.03. The van der Waals surface area contributed by atoms with Crippen molar-refractivity contribution in [2.24, 2.45) is 0 Å². The maximum atomic E-state index is 11.9. The standard InChI is InChI=1S/C25H40O4/c1-3-5-7-9-10-11-13-15-17-21-20(16-14-12-8-6-4-2)18-19-22(24(26)27)23(21)25(28)29/h18-19H,3-17H2,1-2H3,(H,26,27)(H,28,29). The summed E-state index contributed by atoms with van der Waals surface area (Å²) in [6, 6.07) is 3.32. The van der Waals surface area contributed by atoms with Gasteiger partial charge < -0.3 is 10.2 Å². The van der Waals surface area contributed by atoms with Gasteiger partial charge in [-0.15, -0.1) is 0 Å². The Morgan fingerprint density at radius 1 is 0.655 bits per heavy atom. The molecule has 1 aromatic rings. The van der Waals surface area contributed by atoms with E-state index in [4.69, 9.17) is 0 Å². The lowest BCUT2D eigenvalue weighted by atomic mass is 9.89. The Balaban J connectivity index is 2.78. The average Bonchev–Trinajstić information content (AvgIpc) is 2.69. The molecule has 164 valence electrons. The van der Waals surface area contributed by atoms with E-state index in [1.807, 2.05) is 6.07 Å². The number of carbonyl (C=O) groups is 2. The monoisotopic (exact) mass is 404 g/mol. The number of benzene rings is 1. The lowest BCUT2D eigenvalue weighted by molar-refractivity contribution is 0.0650. The van der Waals surface area contributed by atoms with E-state index >= 15 is 0 Å². The van der Waals surface area contributed by atoms with Crippen molar-refractivity contribution >= 4 is 11.9 Å². The van der Waals surface area contributed by atoms with Gasteiger partial charge in [-0.3, -0.25) is 0 Å². The van der Waals surface area contributed by atoms with Crippen molar-refractivity contribution in [2.75, 3.05) is 0 Å². The Kier molecular flexibility index (Phi) is 13.1. The van der Waals surface area contributed by atoms with Crippen LogP contribution in [-0.4, -0.2) is 22.2 Å². The quantitative estimate of drug-likeness (QED) is 0.267. The minimum Gasteiger partial charge on any atom is -0.478 e. The topological polar surface area (TPSA) is 74.6 Å². The molecule has 4 heteroatoms. The molecule has 0 radical (unpaired) electrons. The first kappa shape index (κ1) is 25.2. The summed E-state index contributed by atoms with van der Waals surface area (Å²) in [4.78, 5) is 23.4. The van der Waals surface area contributed by atoms with Crippen molar-refractivity contribution < 1.29 is 19.8 Å². The fourth-order valence-corrected chi connectivity index (χ4v) is 3.99. The molecular weight excluding hydrogens is 364 g/mol. The molecule has 0 unspecified atom stereocenters. The smallest absolute Gasteiger partial charge is 0.336 e. The van der Waals surface area contributed by atoms with Crippen LogP contribution in [0.5, 0.6) is 0 Å². The lowest BCUT2D eigenvalue weighted by Crippen LogP contribution is -2.14. The molecule has 0 aliphatic heterocycles. The summed E-state index contributed by atoms with van der Waals surface area (Å²) in [7, 11) is 0. The first-order valence-corrected chi connectivity index (χ1v) is 11.6. The number of unbranched alkanes of at least 4 members (excludes halogenated alkanes) is 11. The van der Waals surface area contributed by atoms with E-state index < -0.39 is 11.9 Å². The molecule has 29 heavy (non-hydrogen) atoms. The van der Waals surface area contributed by atoms with E-state index in [9.17, 15) is 19.8 Å². The molecule has 0 spiro atoms. The van der Waals surface area contributed by atoms with Gasteiger partial charge in [0.1, 0.15) is 0 Å². The van der Waals surface area contributed by atoms with Crippen LogP contribution in [-0.2, 0) is 12.8 Å². The second-order valence-electron chi connectivity index (χ2n) is 8.13. The highest BCUT2D eigenvalue weighted by Crippen LogP contribution is 2.25. The van der Waals surface area contributed by atoms with Crippen LogP contribution < -0.4 is 0 Å². The highest BCUT2D eigenvalue weighted by Gasteiger charge is 2.22. The summed E-state index contributed by atoms with van der Waals surface area (Å²) in [5, 5.41) is 19.2. The Bertz CT molecular complexity index is 621.